The Morgan fingerprint density at radius 1 is 1.12 bits per heavy atom. The molecule has 2 amide bonds. The predicted octanol–water partition coefficient (Wildman–Crippen LogP) is 0.862. The van der Waals surface area contributed by atoms with Crippen molar-refractivity contribution in [2.24, 2.45) is 11.8 Å². The van der Waals surface area contributed by atoms with Crippen molar-refractivity contribution in [2.45, 2.75) is 45.1 Å². The van der Waals surface area contributed by atoms with Crippen molar-refractivity contribution in [1.82, 2.24) is 15.1 Å². The zero-order valence-electron chi connectivity index (χ0n) is 14.8. The summed E-state index contributed by atoms with van der Waals surface area (Å²) in [5.74, 6) is 1.14. The molecule has 136 valence electrons. The Morgan fingerprint density at radius 2 is 1.92 bits per heavy atom. The summed E-state index contributed by atoms with van der Waals surface area (Å²) in [6.07, 6.45) is 5.58. The molecule has 0 spiro atoms. The summed E-state index contributed by atoms with van der Waals surface area (Å²) in [6, 6.07) is 0.353. The quantitative estimate of drug-likeness (QED) is 0.827. The minimum Gasteiger partial charge on any atom is -0.381 e. The van der Waals surface area contributed by atoms with Crippen molar-refractivity contribution in [2.75, 3.05) is 45.9 Å². The van der Waals surface area contributed by atoms with Gasteiger partial charge in [-0.25, -0.2) is 0 Å². The van der Waals surface area contributed by atoms with Gasteiger partial charge in [-0.05, 0) is 25.2 Å². The van der Waals surface area contributed by atoms with Gasteiger partial charge in [0.1, 0.15) is 0 Å². The third-order valence-corrected chi connectivity index (χ3v) is 5.63. The van der Waals surface area contributed by atoms with Crippen molar-refractivity contribution in [3.63, 3.8) is 0 Å². The number of amides is 2. The van der Waals surface area contributed by atoms with Gasteiger partial charge in [-0.3, -0.25) is 14.5 Å². The Kier molecular flexibility index (Phi) is 6.11. The largest absolute Gasteiger partial charge is 0.381 e. The van der Waals surface area contributed by atoms with Crippen molar-refractivity contribution in [3.05, 3.63) is 0 Å². The van der Waals surface area contributed by atoms with Crippen LogP contribution in [-0.4, -0.2) is 73.6 Å². The number of ether oxygens (including phenoxy) is 1. The van der Waals surface area contributed by atoms with Crippen LogP contribution < -0.4 is 5.32 Å². The molecule has 0 aromatic heterocycles. The predicted molar refractivity (Wildman–Crippen MR) is 91.5 cm³/mol. The van der Waals surface area contributed by atoms with Gasteiger partial charge in [0.2, 0.25) is 11.8 Å². The Morgan fingerprint density at radius 3 is 2.58 bits per heavy atom. The number of nitrogens with one attached hydrogen (secondary N) is 1. The van der Waals surface area contributed by atoms with E-state index in [4.69, 9.17) is 4.74 Å². The third kappa shape index (κ3) is 4.70. The fourth-order valence-electron chi connectivity index (χ4n) is 4.16. The molecular formula is C18H31N3O3. The van der Waals surface area contributed by atoms with Crippen LogP contribution >= 0.6 is 0 Å². The Labute approximate surface area is 144 Å². The van der Waals surface area contributed by atoms with Gasteiger partial charge in [0.15, 0.2) is 0 Å². The van der Waals surface area contributed by atoms with Crippen LogP contribution in [0.4, 0.5) is 0 Å². The molecule has 3 aliphatic rings. The summed E-state index contributed by atoms with van der Waals surface area (Å²) >= 11 is 0. The fourth-order valence-corrected chi connectivity index (χ4v) is 4.16. The maximum atomic E-state index is 12.4. The molecule has 0 radical (unpaired) electrons. The summed E-state index contributed by atoms with van der Waals surface area (Å²) in [5.41, 5.74) is 0. The van der Waals surface area contributed by atoms with E-state index in [0.717, 1.165) is 51.4 Å². The third-order valence-electron chi connectivity index (χ3n) is 5.63. The second-order valence-electron chi connectivity index (χ2n) is 7.70. The molecule has 1 N–H and O–H groups in total. The summed E-state index contributed by atoms with van der Waals surface area (Å²) in [6.45, 7) is 7.02. The molecule has 6 nitrogen and oxygen atoms in total. The first-order chi connectivity index (χ1) is 11.6. The zero-order chi connectivity index (χ0) is 16.9. The summed E-state index contributed by atoms with van der Waals surface area (Å²) in [4.78, 5) is 28.7. The lowest BCUT2D eigenvalue weighted by Crippen LogP contribution is -2.53. The van der Waals surface area contributed by atoms with E-state index < -0.39 is 0 Å². The zero-order valence-corrected chi connectivity index (χ0v) is 14.8. The highest BCUT2D eigenvalue weighted by atomic mass is 16.5. The number of carbonyl (C=O) groups excluding carboxylic acids is 2. The first-order valence-corrected chi connectivity index (χ1v) is 9.50. The second kappa shape index (κ2) is 8.30. The van der Waals surface area contributed by atoms with E-state index in [1.54, 1.807) is 0 Å². The van der Waals surface area contributed by atoms with Gasteiger partial charge < -0.3 is 15.0 Å². The Bertz CT molecular complexity index is 443. The van der Waals surface area contributed by atoms with E-state index in [2.05, 4.69) is 17.1 Å². The second-order valence-corrected chi connectivity index (χ2v) is 7.70. The van der Waals surface area contributed by atoms with Gasteiger partial charge in [0, 0.05) is 38.8 Å². The van der Waals surface area contributed by atoms with E-state index in [9.17, 15) is 9.59 Å². The van der Waals surface area contributed by atoms with Crippen molar-refractivity contribution in [1.29, 1.82) is 0 Å². The Hall–Kier alpha value is -1.14. The van der Waals surface area contributed by atoms with Crippen LogP contribution in [0, 0.1) is 11.8 Å². The van der Waals surface area contributed by atoms with Crippen LogP contribution in [0.3, 0.4) is 0 Å². The molecule has 0 bridgehead atoms. The lowest BCUT2D eigenvalue weighted by atomic mass is 9.87. The lowest BCUT2D eigenvalue weighted by molar-refractivity contribution is -0.137. The molecule has 3 rings (SSSR count). The van der Waals surface area contributed by atoms with Gasteiger partial charge in [0.05, 0.1) is 19.1 Å². The fraction of sp³-hybridized carbons (Fsp3) is 0.889. The van der Waals surface area contributed by atoms with Gasteiger partial charge in [-0.1, -0.05) is 19.8 Å². The highest BCUT2D eigenvalue weighted by Crippen LogP contribution is 2.23. The highest BCUT2D eigenvalue weighted by Gasteiger charge is 2.30. The minimum atomic E-state index is 0.0492. The minimum absolute atomic E-state index is 0.0492. The molecule has 6 heteroatoms. The number of rotatable bonds is 4. The van der Waals surface area contributed by atoms with Gasteiger partial charge >= 0.3 is 0 Å². The molecule has 3 atom stereocenters. The number of piperazine rings is 1. The molecule has 24 heavy (non-hydrogen) atoms. The molecule has 0 aromatic rings. The van der Waals surface area contributed by atoms with Crippen LogP contribution in [0.1, 0.15) is 39.0 Å². The monoisotopic (exact) mass is 337 g/mol. The molecule has 2 saturated heterocycles. The standard InChI is InChI=1S/C18H31N3O3/c1-14-3-2-4-16(11-14)19-17(22)12-20-6-8-21(9-7-20)18(23)15-5-10-24-13-15/h14-16H,2-13H2,1H3,(H,19,22)/t14-,15+,16+/m1/s1. The topological polar surface area (TPSA) is 61.9 Å². The Balaban J connectivity index is 1.37. The van der Waals surface area contributed by atoms with Crippen LogP contribution in [-0.2, 0) is 14.3 Å². The smallest absolute Gasteiger partial charge is 0.234 e. The van der Waals surface area contributed by atoms with E-state index in [-0.39, 0.29) is 17.7 Å². The summed E-state index contributed by atoms with van der Waals surface area (Å²) in [5, 5.41) is 3.20. The van der Waals surface area contributed by atoms with Gasteiger partial charge in [0.25, 0.3) is 0 Å². The maximum Gasteiger partial charge on any atom is 0.234 e. The van der Waals surface area contributed by atoms with E-state index in [0.29, 0.717) is 25.8 Å². The molecule has 1 saturated carbocycles. The molecule has 0 aromatic carbocycles. The maximum absolute atomic E-state index is 12.4. The molecule has 0 unspecified atom stereocenters. The summed E-state index contributed by atoms with van der Waals surface area (Å²) in [7, 11) is 0. The molecular weight excluding hydrogens is 306 g/mol. The summed E-state index contributed by atoms with van der Waals surface area (Å²) < 4.78 is 5.31. The van der Waals surface area contributed by atoms with Gasteiger partial charge in [-0.15, -0.1) is 0 Å². The first-order valence-electron chi connectivity index (χ1n) is 9.50. The molecule has 3 fully saturated rings. The number of carbonyl (C=O) groups is 2. The van der Waals surface area contributed by atoms with Gasteiger partial charge in [-0.2, -0.15) is 0 Å². The van der Waals surface area contributed by atoms with E-state index >= 15 is 0 Å². The SMILES string of the molecule is C[C@@H]1CCC[C@H](NC(=O)CN2CCN(C(=O)[C@H]3CCOC3)CC2)C1. The highest BCUT2D eigenvalue weighted by molar-refractivity contribution is 5.80. The molecule has 2 heterocycles. The van der Waals surface area contributed by atoms with Crippen LogP contribution in [0.2, 0.25) is 0 Å². The number of nitrogens with zero attached hydrogens (tertiary/aromatic N) is 2. The van der Waals surface area contributed by atoms with Crippen molar-refractivity contribution >= 4 is 11.8 Å². The average molecular weight is 337 g/mol. The average Bonchev–Trinajstić information content (AvgIpc) is 3.09. The number of hydrogen-bond acceptors (Lipinski definition) is 4. The van der Waals surface area contributed by atoms with Crippen molar-refractivity contribution in [3.8, 4) is 0 Å². The number of hydrogen-bond donors (Lipinski definition) is 1. The van der Waals surface area contributed by atoms with Crippen LogP contribution in [0.5, 0.6) is 0 Å². The van der Waals surface area contributed by atoms with Crippen LogP contribution in [0.15, 0.2) is 0 Å². The lowest BCUT2D eigenvalue weighted by Gasteiger charge is -2.36. The van der Waals surface area contributed by atoms with E-state index in [1.807, 2.05) is 4.90 Å². The van der Waals surface area contributed by atoms with Crippen molar-refractivity contribution < 1.29 is 14.3 Å². The molecule has 1 aliphatic carbocycles. The first kappa shape index (κ1) is 17.7. The molecule has 2 aliphatic heterocycles. The van der Waals surface area contributed by atoms with Crippen LogP contribution in [0.25, 0.3) is 0 Å². The normalized spacial score (nSPS) is 31.9. The van der Waals surface area contributed by atoms with E-state index in [1.165, 1.54) is 12.8 Å².